The van der Waals surface area contributed by atoms with Crippen molar-refractivity contribution >= 4 is 5.97 Å². The lowest BCUT2D eigenvalue weighted by Crippen LogP contribution is -2.08. The van der Waals surface area contributed by atoms with Crippen LogP contribution in [0.15, 0.2) is 12.3 Å². The zero-order valence-corrected chi connectivity index (χ0v) is 8.02. The number of nitrogens with zero attached hydrogens (tertiary/aromatic N) is 3. The van der Waals surface area contributed by atoms with Crippen LogP contribution in [0, 0.1) is 22.7 Å². The molecule has 0 aromatic carbocycles. The summed E-state index contributed by atoms with van der Waals surface area (Å²) >= 11 is 0. The van der Waals surface area contributed by atoms with Gasteiger partial charge in [-0.3, -0.25) is 0 Å². The second-order valence-corrected chi connectivity index (χ2v) is 2.53. The molecule has 74 valence electrons. The van der Waals surface area contributed by atoms with E-state index in [1.54, 1.807) is 19.1 Å². The minimum atomic E-state index is -0.618. The van der Waals surface area contributed by atoms with Crippen molar-refractivity contribution < 1.29 is 9.53 Å². The number of hydrogen-bond donors (Lipinski definition) is 0. The zero-order chi connectivity index (χ0) is 11.3. The third-order valence-corrected chi connectivity index (χ3v) is 1.66. The number of nitriles is 2. The van der Waals surface area contributed by atoms with Gasteiger partial charge in [0.2, 0.25) is 0 Å². The highest BCUT2D eigenvalue weighted by Gasteiger charge is 2.16. The topological polar surface area (TPSA) is 86.8 Å². The van der Waals surface area contributed by atoms with Gasteiger partial charge in [0.05, 0.1) is 12.2 Å². The Morgan fingerprint density at radius 3 is 2.80 bits per heavy atom. The minimum absolute atomic E-state index is 0.0431. The molecular weight excluding hydrogens is 194 g/mol. The number of carbonyl (C=O) groups is 1. The van der Waals surface area contributed by atoms with E-state index in [1.807, 2.05) is 0 Å². The van der Waals surface area contributed by atoms with Gasteiger partial charge in [-0.2, -0.15) is 10.5 Å². The highest BCUT2D eigenvalue weighted by atomic mass is 16.5. The Labute approximate surface area is 86.5 Å². The summed E-state index contributed by atoms with van der Waals surface area (Å²) in [5.74, 6) is -0.618. The van der Waals surface area contributed by atoms with Crippen molar-refractivity contribution in [2.45, 2.75) is 6.92 Å². The van der Waals surface area contributed by atoms with Crippen molar-refractivity contribution in [3.05, 3.63) is 29.1 Å². The fraction of sp³-hybridized carbons (Fsp3) is 0.200. The van der Waals surface area contributed by atoms with Crippen molar-refractivity contribution in [1.82, 2.24) is 4.98 Å². The van der Waals surface area contributed by atoms with Gasteiger partial charge in [-0.25, -0.2) is 9.78 Å². The second-order valence-electron chi connectivity index (χ2n) is 2.53. The highest BCUT2D eigenvalue weighted by molar-refractivity contribution is 5.92. The molecule has 0 aliphatic heterocycles. The normalized spacial score (nSPS) is 8.73. The molecule has 1 aromatic rings. The van der Waals surface area contributed by atoms with Gasteiger partial charge in [0.1, 0.15) is 17.7 Å². The molecule has 0 fully saturated rings. The maximum absolute atomic E-state index is 11.4. The van der Waals surface area contributed by atoms with Gasteiger partial charge in [0, 0.05) is 6.20 Å². The Morgan fingerprint density at radius 2 is 2.27 bits per heavy atom. The van der Waals surface area contributed by atoms with E-state index < -0.39 is 5.97 Å². The summed E-state index contributed by atoms with van der Waals surface area (Å²) in [6.07, 6.45) is 1.30. The minimum Gasteiger partial charge on any atom is -0.462 e. The van der Waals surface area contributed by atoms with Crippen molar-refractivity contribution in [2.24, 2.45) is 0 Å². The van der Waals surface area contributed by atoms with Gasteiger partial charge in [-0.1, -0.05) is 0 Å². The van der Waals surface area contributed by atoms with Gasteiger partial charge in [0.15, 0.2) is 5.69 Å². The summed E-state index contributed by atoms with van der Waals surface area (Å²) in [6, 6.07) is 4.87. The molecule has 15 heavy (non-hydrogen) atoms. The number of carbonyl (C=O) groups excluding carboxylic acids is 1. The average molecular weight is 201 g/mol. The van der Waals surface area contributed by atoms with Gasteiger partial charge in [-0.05, 0) is 13.0 Å². The Bertz CT molecular complexity index is 469. The summed E-state index contributed by atoms with van der Waals surface area (Å²) in [4.78, 5) is 15.1. The van der Waals surface area contributed by atoms with E-state index in [1.165, 1.54) is 12.3 Å². The lowest BCUT2D eigenvalue weighted by Gasteiger charge is -2.03. The van der Waals surface area contributed by atoms with E-state index in [4.69, 9.17) is 15.3 Å². The lowest BCUT2D eigenvalue weighted by atomic mass is 10.1. The average Bonchev–Trinajstić information content (AvgIpc) is 2.28. The van der Waals surface area contributed by atoms with Crippen LogP contribution < -0.4 is 0 Å². The molecule has 0 spiro atoms. The molecule has 0 saturated carbocycles. The summed E-state index contributed by atoms with van der Waals surface area (Å²) in [7, 11) is 0. The van der Waals surface area contributed by atoms with Crippen LogP contribution in [0.2, 0.25) is 0 Å². The first kappa shape index (κ1) is 10.7. The second kappa shape index (κ2) is 4.73. The molecule has 5 nitrogen and oxygen atoms in total. The first-order valence-corrected chi connectivity index (χ1v) is 4.21. The monoisotopic (exact) mass is 201 g/mol. The third kappa shape index (κ3) is 2.09. The van der Waals surface area contributed by atoms with Gasteiger partial charge in [0.25, 0.3) is 0 Å². The van der Waals surface area contributed by atoms with Crippen molar-refractivity contribution in [1.29, 1.82) is 10.5 Å². The number of hydrogen-bond acceptors (Lipinski definition) is 5. The number of pyridine rings is 1. The Balaban J connectivity index is 3.26. The molecule has 0 saturated heterocycles. The van der Waals surface area contributed by atoms with E-state index >= 15 is 0 Å². The van der Waals surface area contributed by atoms with Crippen LogP contribution in [0.5, 0.6) is 0 Å². The van der Waals surface area contributed by atoms with Crippen molar-refractivity contribution in [3.63, 3.8) is 0 Å². The van der Waals surface area contributed by atoms with Crippen LogP contribution in [-0.4, -0.2) is 17.6 Å². The van der Waals surface area contributed by atoms with Crippen LogP contribution in [0.25, 0.3) is 0 Å². The largest absolute Gasteiger partial charge is 0.462 e. The van der Waals surface area contributed by atoms with Gasteiger partial charge < -0.3 is 4.74 Å². The third-order valence-electron chi connectivity index (χ3n) is 1.66. The van der Waals surface area contributed by atoms with E-state index in [0.29, 0.717) is 0 Å². The molecule has 0 amide bonds. The molecule has 0 radical (unpaired) electrons. The number of rotatable bonds is 2. The lowest BCUT2D eigenvalue weighted by molar-refractivity contribution is 0.0526. The molecule has 5 heteroatoms. The first-order chi connectivity index (χ1) is 7.24. The molecule has 0 aliphatic rings. The maximum Gasteiger partial charge on any atom is 0.339 e. The Morgan fingerprint density at radius 1 is 1.53 bits per heavy atom. The Kier molecular flexibility index (Phi) is 3.37. The van der Waals surface area contributed by atoms with E-state index in [-0.39, 0.29) is 23.4 Å². The number of esters is 1. The number of ether oxygens (including phenoxy) is 1. The van der Waals surface area contributed by atoms with E-state index in [2.05, 4.69) is 4.98 Å². The summed E-state index contributed by atoms with van der Waals surface area (Å²) < 4.78 is 4.74. The molecule has 0 atom stereocenters. The standard InChI is InChI=1S/C10H7N3O2/c1-2-15-10(14)7-3-4-13-9(6-12)8(7)5-11/h3-4H,2H2,1H3. The first-order valence-electron chi connectivity index (χ1n) is 4.21. The predicted octanol–water partition coefficient (Wildman–Crippen LogP) is 1.00. The summed E-state index contributed by atoms with van der Waals surface area (Å²) in [5.41, 5.74) is -0.0348. The molecule has 1 aromatic heterocycles. The molecule has 0 N–H and O–H groups in total. The summed E-state index contributed by atoms with van der Waals surface area (Å²) in [5, 5.41) is 17.5. The molecule has 1 heterocycles. The highest BCUT2D eigenvalue weighted by Crippen LogP contribution is 2.11. The van der Waals surface area contributed by atoms with E-state index in [9.17, 15) is 4.79 Å². The van der Waals surface area contributed by atoms with E-state index in [0.717, 1.165) is 0 Å². The molecular formula is C10H7N3O2. The SMILES string of the molecule is CCOC(=O)c1ccnc(C#N)c1C#N. The fourth-order valence-electron chi connectivity index (χ4n) is 1.04. The van der Waals surface area contributed by atoms with Gasteiger partial charge >= 0.3 is 5.97 Å². The van der Waals surface area contributed by atoms with Crippen molar-refractivity contribution in [3.8, 4) is 12.1 Å². The molecule has 1 rings (SSSR count). The molecule has 0 unspecified atom stereocenters. The Hall–Kier alpha value is -2.40. The zero-order valence-electron chi connectivity index (χ0n) is 8.02. The van der Waals surface area contributed by atoms with Crippen LogP contribution in [-0.2, 0) is 4.74 Å². The van der Waals surface area contributed by atoms with Crippen LogP contribution in [0.1, 0.15) is 28.5 Å². The quantitative estimate of drug-likeness (QED) is 0.666. The van der Waals surface area contributed by atoms with Crippen LogP contribution >= 0.6 is 0 Å². The predicted molar refractivity (Wildman–Crippen MR) is 49.6 cm³/mol. The smallest absolute Gasteiger partial charge is 0.339 e. The van der Waals surface area contributed by atoms with Crippen LogP contribution in [0.3, 0.4) is 0 Å². The van der Waals surface area contributed by atoms with Crippen molar-refractivity contribution in [2.75, 3.05) is 6.61 Å². The van der Waals surface area contributed by atoms with Gasteiger partial charge in [-0.15, -0.1) is 0 Å². The maximum atomic E-state index is 11.4. The van der Waals surface area contributed by atoms with Crippen LogP contribution in [0.4, 0.5) is 0 Å². The summed E-state index contributed by atoms with van der Waals surface area (Å²) in [6.45, 7) is 1.88. The fourth-order valence-corrected chi connectivity index (χ4v) is 1.04. The molecule has 0 bridgehead atoms. The molecule has 0 aliphatic carbocycles. The number of aromatic nitrogens is 1.